The van der Waals surface area contributed by atoms with Gasteiger partial charge in [0.1, 0.15) is 5.37 Å². The van der Waals surface area contributed by atoms with Crippen molar-refractivity contribution in [2.45, 2.75) is 36.2 Å². The van der Waals surface area contributed by atoms with Gasteiger partial charge in [0.25, 0.3) is 0 Å². The molecule has 0 aliphatic carbocycles. The Bertz CT molecular complexity index is 486. The molecule has 1 unspecified atom stereocenters. The molecule has 1 aromatic rings. The Balaban J connectivity index is 2.04. The third kappa shape index (κ3) is 1.40. The number of nitrogens with zero attached hydrogens (tertiary/aromatic N) is 2. The molecule has 90 valence electrons. The van der Waals surface area contributed by atoms with Gasteiger partial charge in [0.05, 0.1) is 5.54 Å². The van der Waals surface area contributed by atoms with E-state index in [-0.39, 0.29) is 16.9 Å². The standard InChI is InChI=1S/C13H16N2OS/c1-13(2)11-15(12(16)14(13)3)8-9-6-4-5-7-10(9)17-11/h4-7,11H,8H2,1-3H3. The molecule has 1 fully saturated rings. The van der Waals surface area contributed by atoms with Crippen LogP contribution in [0.1, 0.15) is 19.4 Å². The molecule has 0 saturated carbocycles. The fourth-order valence-electron chi connectivity index (χ4n) is 2.50. The van der Waals surface area contributed by atoms with Gasteiger partial charge in [-0.1, -0.05) is 30.0 Å². The molecule has 1 aromatic carbocycles. The molecule has 2 amide bonds. The van der Waals surface area contributed by atoms with Crippen LogP contribution < -0.4 is 0 Å². The second-order valence-corrected chi connectivity index (χ2v) is 6.32. The summed E-state index contributed by atoms with van der Waals surface area (Å²) >= 11 is 1.81. The Morgan fingerprint density at radius 1 is 1.35 bits per heavy atom. The van der Waals surface area contributed by atoms with Gasteiger partial charge in [-0.2, -0.15) is 0 Å². The van der Waals surface area contributed by atoms with Crippen LogP contribution in [-0.4, -0.2) is 33.8 Å². The van der Waals surface area contributed by atoms with E-state index in [4.69, 9.17) is 0 Å². The number of fused-ring (bicyclic) bond motifs is 2. The molecule has 2 heterocycles. The summed E-state index contributed by atoms with van der Waals surface area (Å²) in [6.07, 6.45) is 0. The third-order valence-electron chi connectivity index (χ3n) is 3.84. The van der Waals surface area contributed by atoms with Gasteiger partial charge in [-0.25, -0.2) is 4.79 Å². The van der Waals surface area contributed by atoms with Crippen molar-refractivity contribution >= 4 is 17.8 Å². The van der Waals surface area contributed by atoms with Crippen molar-refractivity contribution in [3.05, 3.63) is 29.8 Å². The molecule has 3 rings (SSSR count). The number of likely N-dealkylation sites (N-methyl/N-ethyl adjacent to an activating group) is 1. The van der Waals surface area contributed by atoms with Gasteiger partial charge in [-0.15, -0.1) is 0 Å². The molecule has 2 aliphatic rings. The summed E-state index contributed by atoms with van der Waals surface area (Å²) in [6.45, 7) is 5.01. The number of carbonyl (C=O) groups is 1. The van der Waals surface area contributed by atoms with Crippen LogP contribution >= 0.6 is 11.8 Å². The molecule has 17 heavy (non-hydrogen) atoms. The van der Waals surface area contributed by atoms with E-state index in [1.54, 1.807) is 11.8 Å². The van der Waals surface area contributed by atoms with Gasteiger partial charge >= 0.3 is 6.03 Å². The second kappa shape index (κ2) is 3.42. The summed E-state index contributed by atoms with van der Waals surface area (Å²) in [5.74, 6) is 0. The van der Waals surface area contributed by atoms with Crippen molar-refractivity contribution in [3.8, 4) is 0 Å². The largest absolute Gasteiger partial charge is 0.321 e. The minimum Gasteiger partial charge on any atom is -0.320 e. The van der Waals surface area contributed by atoms with Crippen LogP contribution in [0.3, 0.4) is 0 Å². The van der Waals surface area contributed by atoms with Crippen molar-refractivity contribution in [1.29, 1.82) is 0 Å². The topological polar surface area (TPSA) is 23.6 Å². The van der Waals surface area contributed by atoms with Crippen molar-refractivity contribution in [3.63, 3.8) is 0 Å². The summed E-state index contributed by atoms with van der Waals surface area (Å²) < 4.78 is 0. The van der Waals surface area contributed by atoms with E-state index < -0.39 is 0 Å². The molecular formula is C13H16N2OS. The zero-order chi connectivity index (χ0) is 12.2. The molecule has 4 heteroatoms. The zero-order valence-electron chi connectivity index (χ0n) is 10.3. The summed E-state index contributed by atoms with van der Waals surface area (Å²) in [4.78, 5) is 17.4. The van der Waals surface area contributed by atoms with Crippen LogP contribution in [0.25, 0.3) is 0 Å². The third-order valence-corrected chi connectivity index (χ3v) is 5.54. The Morgan fingerprint density at radius 3 is 2.82 bits per heavy atom. The van der Waals surface area contributed by atoms with E-state index in [0.717, 1.165) is 6.54 Å². The first-order valence-corrected chi connectivity index (χ1v) is 6.69. The molecule has 0 bridgehead atoms. The molecule has 0 aromatic heterocycles. The molecule has 2 aliphatic heterocycles. The number of rotatable bonds is 0. The van der Waals surface area contributed by atoms with E-state index in [1.807, 2.05) is 22.9 Å². The van der Waals surface area contributed by atoms with E-state index in [1.165, 1.54) is 10.5 Å². The average molecular weight is 248 g/mol. The lowest BCUT2D eigenvalue weighted by molar-refractivity contribution is 0.186. The van der Waals surface area contributed by atoms with E-state index >= 15 is 0 Å². The van der Waals surface area contributed by atoms with Gasteiger partial charge in [0, 0.05) is 18.5 Å². The van der Waals surface area contributed by atoms with Gasteiger partial charge in [0.2, 0.25) is 0 Å². The molecule has 3 nitrogen and oxygen atoms in total. The van der Waals surface area contributed by atoms with E-state index in [9.17, 15) is 4.79 Å². The minimum atomic E-state index is -0.116. The molecule has 0 spiro atoms. The minimum absolute atomic E-state index is 0.116. The number of urea groups is 1. The lowest BCUT2D eigenvalue weighted by Gasteiger charge is -2.36. The first kappa shape index (κ1) is 11.0. The molecular weight excluding hydrogens is 232 g/mol. The van der Waals surface area contributed by atoms with Gasteiger partial charge in [-0.05, 0) is 25.5 Å². The first-order chi connectivity index (χ1) is 8.01. The van der Waals surface area contributed by atoms with Gasteiger partial charge in [0.15, 0.2) is 0 Å². The van der Waals surface area contributed by atoms with Crippen LogP contribution in [0.5, 0.6) is 0 Å². The first-order valence-electron chi connectivity index (χ1n) is 5.81. The molecule has 1 saturated heterocycles. The molecule has 0 N–H and O–H groups in total. The average Bonchev–Trinajstić information content (AvgIpc) is 2.49. The highest BCUT2D eigenvalue weighted by atomic mass is 32.2. The maximum atomic E-state index is 12.2. The van der Waals surface area contributed by atoms with Crippen LogP contribution in [0, 0.1) is 0 Å². The van der Waals surface area contributed by atoms with Crippen LogP contribution in [0.2, 0.25) is 0 Å². The maximum Gasteiger partial charge on any atom is 0.321 e. The van der Waals surface area contributed by atoms with Crippen LogP contribution in [0.15, 0.2) is 29.2 Å². The number of benzene rings is 1. The van der Waals surface area contributed by atoms with Crippen molar-refractivity contribution < 1.29 is 4.79 Å². The Morgan fingerprint density at radius 2 is 2.06 bits per heavy atom. The Hall–Kier alpha value is -1.16. The number of carbonyl (C=O) groups excluding carboxylic acids is 1. The van der Waals surface area contributed by atoms with E-state index in [0.29, 0.717) is 0 Å². The summed E-state index contributed by atoms with van der Waals surface area (Å²) in [7, 11) is 1.89. The fraction of sp³-hybridized carbons (Fsp3) is 0.462. The zero-order valence-corrected chi connectivity index (χ0v) is 11.1. The summed E-state index contributed by atoms with van der Waals surface area (Å²) in [6, 6.07) is 8.50. The predicted molar refractivity (Wildman–Crippen MR) is 68.9 cm³/mol. The molecule has 0 radical (unpaired) electrons. The number of amides is 2. The monoisotopic (exact) mass is 248 g/mol. The highest BCUT2D eigenvalue weighted by Gasteiger charge is 2.51. The number of hydrogen-bond acceptors (Lipinski definition) is 2. The van der Waals surface area contributed by atoms with Gasteiger partial charge in [-0.3, -0.25) is 0 Å². The Labute approximate surface area is 106 Å². The normalized spacial score (nSPS) is 25.8. The van der Waals surface area contributed by atoms with Crippen LogP contribution in [0.4, 0.5) is 4.79 Å². The maximum absolute atomic E-state index is 12.2. The summed E-state index contributed by atoms with van der Waals surface area (Å²) in [5, 5.41) is 0.217. The van der Waals surface area contributed by atoms with E-state index in [2.05, 4.69) is 32.0 Å². The lowest BCUT2D eigenvalue weighted by Crippen LogP contribution is -2.44. The highest BCUT2D eigenvalue weighted by molar-refractivity contribution is 8.00. The quantitative estimate of drug-likeness (QED) is 0.705. The number of hydrogen-bond donors (Lipinski definition) is 0. The fourth-order valence-corrected chi connectivity index (χ4v) is 3.92. The lowest BCUT2D eigenvalue weighted by atomic mass is 10.1. The van der Waals surface area contributed by atoms with Crippen molar-refractivity contribution in [2.75, 3.05) is 7.05 Å². The van der Waals surface area contributed by atoms with Gasteiger partial charge < -0.3 is 9.80 Å². The SMILES string of the molecule is CN1C(=O)N2Cc3ccccc3SC2C1(C)C. The summed E-state index contributed by atoms with van der Waals surface area (Å²) in [5.41, 5.74) is 1.14. The smallest absolute Gasteiger partial charge is 0.320 e. The van der Waals surface area contributed by atoms with Crippen molar-refractivity contribution in [2.24, 2.45) is 0 Å². The second-order valence-electron chi connectivity index (χ2n) is 5.20. The van der Waals surface area contributed by atoms with Crippen molar-refractivity contribution in [1.82, 2.24) is 9.80 Å². The van der Waals surface area contributed by atoms with Crippen LogP contribution in [-0.2, 0) is 6.54 Å². The molecule has 1 atom stereocenters. The highest BCUT2D eigenvalue weighted by Crippen LogP contribution is 2.46. The Kier molecular flexibility index (Phi) is 2.20. The predicted octanol–water partition coefficient (Wildman–Crippen LogP) is 2.76. The number of thioether (sulfide) groups is 1.